The summed E-state index contributed by atoms with van der Waals surface area (Å²) in [6, 6.07) is 7.20. The van der Waals surface area contributed by atoms with Gasteiger partial charge in [0.2, 0.25) is 0 Å². The van der Waals surface area contributed by atoms with Crippen molar-refractivity contribution in [1.29, 1.82) is 0 Å². The van der Waals surface area contributed by atoms with Gasteiger partial charge in [-0.2, -0.15) is 0 Å². The van der Waals surface area contributed by atoms with Gasteiger partial charge < -0.3 is 24.4 Å². The fraction of sp³-hybridized carbons (Fsp3) is 0.474. The highest BCUT2D eigenvalue weighted by Crippen LogP contribution is 2.21. The van der Waals surface area contributed by atoms with Crippen LogP contribution in [0, 0.1) is 5.92 Å². The van der Waals surface area contributed by atoms with Crippen molar-refractivity contribution in [2.24, 2.45) is 5.92 Å². The quantitative estimate of drug-likeness (QED) is 0.587. The van der Waals surface area contributed by atoms with Crippen molar-refractivity contribution in [3.8, 4) is 5.75 Å². The van der Waals surface area contributed by atoms with Gasteiger partial charge in [-0.05, 0) is 63.2 Å². The molecule has 0 saturated carbocycles. The van der Waals surface area contributed by atoms with E-state index in [1.807, 2.05) is 12.1 Å². The topological polar surface area (TPSA) is 77.1 Å². The highest BCUT2D eigenvalue weighted by molar-refractivity contribution is 5.98. The lowest BCUT2D eigenvalue weighted by Gasteiger charge is -2.28. The maximum Gasteiger partial charge on any atom is 0.354 e. The van der Waals surface area contributed by atoms with Crippen molar-refractivity contribution in [3.05, 3.63) is 36.0 Å². The van der Waals surface area contributed by atoms with E-state index in [2.05, 4.69) is 26.7 Å². The Hall–Kier alpha value is -2.54. The third-order valence-corrected chi connectivity index (χ3v) is 4.33. The Balaban J connectivity index is 1.92. The summed E-state index contributed by atoms with van der Waals surface area (Å²) in [6.07, 6.45) is 3.35. The first-order valence-corrected chi connectivity index (χ1v) is 8.58. The van der Waals surface area contributed by atoms with E-state index in [0.29, 0.717) is 18.2 Å². The summed E-state index contributed by atoms with van der Waals surface area (Å²) in [5.41, 5.74) is 0.636. The minimum Gasteiger partial charge on any atom is -0.493 e. The maximum absolute atomic E-state index is 11.7. The lowest BCUT2D eigenvalue weighted by molar-refractivity contribution is -0.138. The molecule has 0 atom stereocenters. The second-order valence-electron chi connectivity index (χ2n) is 6.28. The summed E-state index contributed by atoms with van der Waals surface area (Å²) in [4.78, 5) is 25.5. The first-order chi connectivity index (χ1) is 12.5. The fourth-order valence-corrected chi connectivity index (χ4v) is 2.67. The lowest BCUT2D eigenvalue weighted by atomic mass is 9.98. The highest BCUT2D eigenvalue weighted by atomic mass is 16.5. The zero-order valence-electron chi connectivity index (χ0n) is 15.5. The van der Waals surface area contributed by atoms with Crippen LogP contribution in [0.25, 0.3) is 0 Å². The number of piperidine rings is 1. The van der Waals surface area contributed by atoms with Crippen molar-refractivity contribution >= 4 is 17.6 Å². The van der Waals surface area contributed by atoms with E-state index >= 15 is 0 Å². The van der Waals surface area contributed by atoms with Gasteiger partial charge in [0.1, 0.15) is 11.4 Å². The van der Waals surface area contributed by atoms with Gasteiger partial charge in [-0.1, -0.05) is 0 Å². The first kappa shape index (κ1) is 19.8. The minimum absolute atomic E-state index is 0.000608. The van der Waals surface area contributed by atoms with Gasteiger partial charge >= 0.3 is 11.9 Å². The van der Waals surface area contributed by atoms with E-state index in [1.54, 1.807) is 12.1 Å². The van der Waals surface area contributed by atoms with Gasteiger partial charge in [-0.25, -0.2) is 9.59 Å². The Morgan fingerprint density at radius 2 is 1.81 bits per heavy atom. The predicted octanol–water partition coefficient (Wildman–Crippen LogP) is 2.05. The van der Waals surface area contributed by atoms with Gasteiger partial charge in [-0.15, -0.1) is 0 Å². The number of nitrogens with one attached hydrogen (secondary N) is 1. The van der Waals surface area contributed by atoms with E-state index in [0.717, 1.165) is 37.8 Å². The molecule has 7 nitrogen and oxygen atoms in total. The van der Waals surface area contributed by atoms with E-state index in [1.165, 1.54) is 14.2 Å². The van der Waals surface area contributed by atoms with Gasteiger partial charge in [0.25, 0.3) is 0 Å². The molecule has 0 aliphatic carbocycles. The second-order valence-corrected chi connectivity index (χ2v) is 6.28. The molecule has 7 heteroatoms. The summed E-state index contributed by atoms with van der Waals surface area (Å²) < 4.78 is 15.1. The molecular formula is C19H26N2O5. The summed E-state index contributed by atoms with van der Waals surface area (Å²) in [5, 5.41) is 2.86. The van der Waals surface area contributed by atoms with Crippen LogP contribution in [-0.2, 0) is 19.1 Å². The molecule has 26 heavy (non-hydrogen) atoms. The predicted molar refractivity (Wildman–Crippen MR) is 97.9 cm³/mol. The molecule has 2 rings (SSSR count). The van der Waals surface area contributed by atoms with Gasteiger partial charge in [0, 0.05) is 5.69 Å². The molecular weight excluding hydrogens is 336 g/mol. The average Bonchev–Trinajstić information content (AvgIpc) is 2.67. The summed E-state index contributed by atoms with van der Waals surface area (Å²) >= 11 is 0. The Kier molecular flexibility index (Phi) is 7.47. The number of anilines is 1. The molecule has 0 unspecified atom stereocenters. The largest absolute Gasteiger partial charge is 0.493 e. The number of ether oxygens (including phenoxy) is 3. The van der Waals surface area contributed by atoms with E-state index in [4.69, 9.17) is 4.74 Å². The monoisotopic (exact) mass is 362 g/mol. The van der Waals surface area contributed by atoms with Gasteiger partial charge in [0.05, 0.1) is 26.9 Å². The molecule has 1 aromatic rings. The Morgan fingerprint density at radius 3 is 2.38 bits per heavy atom. The standard InChI is InChI=1S/C19H26N2O5/c1-21-10-8-14(9-11-21)13-26-16-6-4-15(5-7-16)20-17(19(23)25-3)12-18(22)24-2/h4-7,12,14,20H,8-11,13H2,1-3H3/b17-12+. The smallest absolute Gasteiger partial charge is 0.354 e. The average molecular weight is 362 g/mol. The number of nitrogens with zero attached hydrogens (tertiary/aromatic N) is 1. The van der Waals surface area contributed by atoms with Crippen LogP contribution < -0.4 is 10.1 Å². The van der Waals surface area contributed by atoms with E-state index in [9.17, 15) is 9.59 Å². The van der Waals surface area contributed by atoms with Gasteiger partial charge in [-0.3, -0.25) is 0 Å². The molecule has 0 amide bonds. The molecule has 1 aliphatic heterocycles. The van der Waals surface area contributed by atoms with Crippen molar-refractivity contribution in [3.63, 3.8) is 0 Å². The highest BCUT2D eigenvalue weighted by Gasteiger charge is 2.17. The van der Waals surface area contributed by atoms with Gasteiger partial charge in [0.15, 0.2) is 0 Å². The molecule has 1 aromatic carbocycles. The molecule has 142 valence electrons. The fourth-order valence-electron chi connectivity index (χ4n) is 2.67. The number of likely N-dealkylation sites (tertiary alicyclic amines) is 1. The maximum atomic E-state index is 11.7. The van der Waals surface area contributed by atoms with Crippen LogP contribution in [-0.4, -0.2) is 57.8 Å². The number of carbonyl (C=O) groups excluding carboxylic acids is 2. The summed E-state index contributed by atoms with van der Waals surface area (Å²) in [6.45, 7) is 2.93. The summed E-state index contributed by atoms with van der Waals surface area (Å²) in [7, 11) is 4.62. The zero-order chi connectivity index (χ0) is 18.9. The van der Waals surface area contributed by atoms with Crippen LogP contribution in [0.5, 0.6) is 5.75 Å². The minimum atomic E-state index is -0.655. The summed E-state index contributed by atoms with van der Waals surface area (Å²) in [5.74, 6) is 0.0536. The molecule has 0 spiro atoms. The number of methoxy groups -OCH3 is 2. The van der Waals surface area contributed by atoms with Crippen molar-refractivity contribution in [2.75, 3.05) is 46.3 Å². The normalized spacial score (nSPS) is 16.0. The van der Waals surface area contributed by atoms with Crippen molar-refractivity contribution in [1.82, 2.24) is 4.90 Å². The molecule has 0 radical (unpaired) electrons. The van der Waals surface area contributed by atoms with Crippen LogP contribution in [0.1, 0.15) is 12.8 Å². The molecule has 0 aromatic heterocycles. The number of benzene rings is 1. The molecule has 0 bridgehead atoms. The third kappa shape index (κ3) is 6.07. The molecule has 1 N–H and O–H groups in total. The molecule has 1 aliphatic rings. The van der Waals surface area contributed by atoms with E-state index in [-0.39, 0.29) is 5.70 Å². The Morgan fingerprint density at radius 1 is 1.15 bits per heavy atom. The van der Waals surface area contributed by atoms with Crippen LogP contribution in [0.15, 0.2) is 36.0 Å². The number of rotatable bonds is 7. The number of hydrogen-bond acceptors (Lipinski definition) is 7. The van der Waals surface area contributed by atoms with E-state index < -0.39 is 11.9 Å². The SMILES string of the molecule is COC(=O)/C=C(/Nc1ccc(OCC2CCN(C)CC2)cc1)C(=O)OC. The number of hydrogen-bond donors (Lipinski definition) is 1. The Bertz CT molecular complexity index is 634. The van der Waals surface area contributed by atoms with Crippen molar-refractivity contribution in [2.45, 2.75) is 12.8 Å². The number of carbonyl (C=O) groups is 2. The molecule has 1 saturated heterocycles. The van der Waals surface area contributed by atoms with Crippen LogP contribution >= 0.6 is 0 Å². The molecule has 1 fully saturated rings. The Labute approximate surface area is 153 Å². The lowest BCUT2D eigenvalue weighted by Crippen LogP contribution is -2.32. The van der Waals surface area contributed by atoms with Crippen LogP contribution in [0.2, 0.25) is 0 Å². The van der Waals surface area contributed by atoms with Crippen molar-refractivity contribution < 1.29 is 23.8 Å². The third-order valence-electron chi connectivity index (χ3n) is 4.33. The zero-order valence-corrected chi connectivity index (χ0v) is 15.5. The molecule has 1 heterocycles. The number of esters is 2. The van der Waals surface area contributed by atoms with Crippen LogP contribution in [0.4, 0.5) is 5.69 Å². The first-order valence-electron chi connectivity index (χ1n) is 8.58. The second kappa shape index (κ2) is 9.82. The van der Waals surface area contributed by atoms with Crippen LogP contribution in [0.3, 0.4) is 0 Å².